The van der Waals surface area contributed by atoms with Gasteiger partial charge in [-0.25, -0.2) is 9.36 Å². The third kappa shape index (κ3) is 4.85. The normalized spacial score (nSPS) is 26.9. The van der Waals surface area contributed by atoms with Crippen LogP contribution < -0.4 is 11.4 Å². The van der Waals surface area contributed by atoms with Crippen molar-refractivity contribution in [2.75, 3.05) is 12.3 Å². The van der Waals surface area contributed by atoms with Gasteiger partial charge in [0.05, 0.1) is 6.61 Å². The van der Waals surface area contributed by atoms with Crippen LogP contribution >= 0.6 is 7.82 Å². The van der Waals surface area contributed by atoms with E-state index in [0.29, 0.717) is 12.0 Å². The van der Waals surface area contributed by atoms with E-state index in [1.54, 1.807) is 0 Å². The second-order valence-electron chi connectivity index (χ2n) is 5.78. The largest absolute Gasteiger partial charge is 0.469 e. The molecule has 1 aliphatic heterocycles. The molecular formula is C13H22N3O8P. The van der Waals surface area contributed by atoms with Crippen LogP contribution in [0.4, 0.5) is 5.82 Å². The molecule has 0 saturated carbocycles. The first-order valence-corrected chi connectivity index (χ1v) is 9.26. The summed E-state index contributed by atoms with van der Waals surface area (Å²) in [6, 6.07) is 0. The van der Waals surface area contributed by atoms with E-state index in [1.807, 2.05) is 6.92 Å². The average molecular weight is 379 g/mol. The van der Waals surface area contributed by atoms with Crippen molar-refractivity contribution in [3.05, 3.63) is 22.2 Å². The molecule has 0 radical (unpaired) electrons. The van der Waals surface area contributed by atoms with E-state index in [9.17, 15) is 19.6 Å². The number of ether oxygens (including phenoxy) is 1. The van der Waals surface area contributed by atoms with Gasteiger partial charge in [-0.2, -0.15) is 4.98 Å². The van der Waals surface area contributed by atoms with E-state index in [1.165, 1.54) is 6.20 Å². The molecule has 2 rings (SSSR count). The number of nitrogens with two attached hydrogens (primary N) is 1. The number of aliphatic hydroxyl groups excluding tert-OH is 2. The molecule has 11 nitrogen and oxygen atoms in total. The van der Waals surface area contributed by atoms with Gasteiger partial charge in [0.15, 0.2) is 6.23 Å². The van der Waals surface area contributed by atoms with E-state index in [-0.39, 0.29) is 5.82 Å². The number of hydrogen-bond donors (Lipinski definition) is 5. The SMILES string of the molecule is CCCCc1cn(C2O[C@H](COP(=O)(O)O)[C@@H](O)[C@H]2O)c(=O)nc1N. The molecule has 1 aromatic rings. The molecule has 0 bridgehead atoms. The van der Waals surface area contributed by atoms with E-state index in [0.717, 1.165) is 17.4 Å². The summed E-state index contributed by atoms with van der Waals surface area (Å²) in [4.78, 5) is 33.2. The minimum Gasteiger partial charge on any atom is -0.387 e. The quantitative estimate of drug-likeness (QED) is 0.365. The predicted octanol–water partition coefficient (Wildman–Crippen LogP) is -1.10. The van der Waals surface area contributed by atoms with Crippen molar-refractivity contribution in [1.29, 1.82) is 0 Å². The lowest BCUT2D eigenvalue weighted by atomic mass is 10.1. The lowest BCUT2D eigenvalue weighted by Crippen LogP contribution is -2.36. The first kappa shape index (κ1) is 20.0. The lowest BCUT2D eigenvalue weighted by Gasteiger charge is -2.18. The Kier molecular flexibility index (Phi) is 6.33. The third-order valence-electron chi connectivity index (χ3n) is 3.88. The molecular weight excluding hydrogens is 357 g/mol. The monoisotopic (exact) mass is 379 g/mol. The van der Waals surface area contributed by atoms with Crippen molar-refractivity contribution in [2.24, 2.45) is 0 Å². The maximum absolute atomic E-state index is 12.1. The number of aryl methyl sites for hydroxylation is 1. The number of aliphatic hydroxyl groups is 2. The highest BCUT2D eigenvalue weighted by molar-refractivity contribution is 7.46. The Bertz CT molecular complexity index is 705. The highest BCUT2D eigenvalue weighted by Gasteiger charge is 2.45. The van der Waals surface area contributed by atoms with Crippen molar-refractivity contribution >= 4 is 13.6 Å². The van der Waals surface area contributed by atoms with Crippen LogP contribution in [-0.4, -0.2) is 54.5 Å². The summed E-state index contributed by atoms with van der Waals surface area (Å²) < 4.78 is 21.4. The fourth-order valence-corrected chi connectivity index (χ4v) is 2.87. The Labute approximate surface area is 143 Å². The Hall–Kier alpha value is -1.33. The zero-order valence-corrected chi connectivity index (χ0v) is 14.5. The standard InChI is InChI=1S/C13H22N3O8P/c1-2-3-4-7-5-16(13(19)15-11(7)14)12-10(18)9(17)8(24-12)6-23-25(20,21)22/h5,8-10,12,17-18H,2-4,6H2,1H3,(H2,14,15,19)(H2,20,21,22)/t8-,9-,10-,12?/m1/s1. The van der Waals surface area contributed by atoms with Crippen LogP contribution in [-0.2, 0) is 20.2 Å². The summed E-state index contributed by atoms with van der Waals surface area (Å²) in [5.41, 5.74) is 5.56. The lowest BCUT2D eigenvalue weighted by molar-refractivity contribution is -0.0543. The minimum atomic E-state index is -4.76. The topological polar surface area (TPSA) is 177 Å². The third-order valence-corrected chi connectivity index (χ3v) is 4.36. The molecule has 1 fully saturated rings. The molecule has 1 aromatic heterocycles. The number of rotatable bonds is 7. The van der Waals surface area contributed by atoms with Gasteiger partial charge in [-0.15, -0.1) is 0 Å². The number of hydrogen-bond acceptors (Lipinski definition) is 8. The second kappa shape index (κ2) is 7.92. The van der Waals surface area contributed by atoms with Crippen LogP contribution in [0.5, 0.6) is 0 Å². The molecule has 6 N–H and O–H groups in total. The first-order valence-electron chi connectivity index (χ1n) is 7.73. The number of unbranched alkanes of at least 4 members (excludes halogenated alkanes) is 1. The molecule has 4 atom stereocenters. The van der Waals surface area contributed by atoms with Gasteiger partial charge in [-0.05, 0) is 12.8 Å². The molecule has 12 heteroatoms. The summed E-state index contributed by atoms with van der Waals surface area (Å²) in [6.45, 7) is 1.34. The smallest absolute Gasteiger partial charge is 0.387 e. The maximum atomic E-state index is 12.1. The van der Waals surface area contributed by atoms with Gasteiger partial charge in [-0.1, -0.05) is 13.3 Å². The van der Waals surface area contributed by atoms with E-state index in [2.05, 4.69) is 9.51 Å². The van der Waals surface area contributed by atoms with Gasteiger partial charge in [0.1, 0.15) is 24.1 Å². The van der Waals surface area contributed by atoms with E-state index < -0.39 is 44.7 Å². The number of aromatic nitrogens is 2. The van der Waals surface area contributed by atoms with Crippen LogP contribution in [0.2, 0.25) is 0 Å². The molecule has 25 heavy (non-hydrogen) atoms. The minimum absolute atomic E-state index is 0.0871. The molecule has 1 unspecified atom stereocenters. The number of nitrogen functional groups attached to an aromatic ring is 1. The highest BCUT2D eigenvalue weighted by atomic mass is 31.2. The fourth-order valence-electron chi connectivity index (χ4n) is 2.53. The van der Waals surface area contributed by atoms with Crippen molar-refractivity contribution in [3.63, 3.8) is 0 Å². The van der Waals surface area contributed by atoms with E-state index >= 15 is 0 Å². The highest BCUT2D eigenvalue weighted by Crippen LogP contribution is 2.38. The van der Waals surface area contributed by atoms with Crippen LogP contribution in [0.25, 0.3) is 0 Å². The summed E-state index contributed by atoms with van der Waals surface area (Å²) in [5, 5.41) is 20.1. The number of nitrogens with zero attached hydrogens (tertiary/aromatic N) is 2. The van der Waals surface area contributed by atoms with Crippen LogP contribution in [0.1, 0.15) is 31.6 Å². The summed E-state index contributed by atoms with van der Waals surface area (Å²) in [5.74, 6) is 0.0871. The molecule has 1 saturated heterocycles. The van der Waals surface area contributed by atoms with Crippen molar-refractivity contribution in [3.8, 4) is 0 Å². The summed E-state index contributed by atoms with van der Waals surface area (Å²) in [7, 11) is -4.76. The molecule has 2 heterocycles. The predicted molar refractivity (Wildman–Crippen MR) is 85.4 cm³/mol. The zero-order valence-electron chi connectivity index (χ0n) is 13.6. The average Bonchev–Trinajstić information content (AvgIpc) is 2.80. The Morgan fingerprint density at radius 1 is 1.40 bits per heavy atom. The second-order valence-corrected chi connectivity index (χ2v) is 7.02. The summed E-state index contributed by atoms with van der Waals surface area (Å²) >= 11 is 0. The summed E-state index contributed by atoms with van der Waals surface area (Å²) in [6.07, 6.45) is -1.80. The van der Waals surface area contributed by atoms with Gasteiger partial charge >= 0.3 is 13.5 Å². The van der Waals surface area contributed by atoms with Gasteiger partial charge in [0.2, 0.25) is 0 Å². The molecule has 1 aliphatic rings. The number of anilines is 1. The van der Waals surface area contributed by atoms with Crippen LogP contribution in [0.15, 0.2) is 11.0 Å². The van der Waals surface area contributed by atoms with Gasteiger partial charge in [0, 0.05) is 11.8 Å². The Morgan fingerprint density at radius 3 is 2.68 bits per heavy atom. The molecule has 0 spiro atoms. The maximum Gasteiger partial charge on any atom is 0.469 e. The van der Waals surface area contributed by atoms with Gasteiger partial charge in [0.25, 0.3) is 0 Å². The van der Waals surface area contributed by atoms with Crippen LogP contribution in [0, 0.1) is 0 Å². The fraction of sp³-hybridized carbons (Fsp3) is 0.692. The molecule has 142 valence electrons. The first-order chi connectivity index (χ1) is 11.6. The van der Waals surface area contributed by atoms with Crippen molar-refractivity contribution in [1.82, 2.24) is 9.55 Å². The molecule has 0 amide bonds. The van der Waals surface area contributed by atoms with Crippen molar-refractivity contribution < 1.29 is 33.8 Å². The Morgan fingerprint density at radius 2 is 2.08 bits per heavy atom. The van der Waals surface area contributed by atoms with Gasteiger partial charge in [-0.3, -0.25) is 9.09 Å². The number of phosphoric ester groups is 1. The van der Waals surface area contributed by atoms with E-state index in [4.69, 9.17) is 20.3 Å². The Balaban J connectivity index is 2.23. The zero-order chi connectivity index (χ0) is 18.8. The molecule has 0 aliphatic carbocycles. The number of phosphoric acid groups is 1. The molecule has 0 aromatic carbocycles. The van der Waals surface area contributed by atoms with Crippen LogP contribution in [0.3, 0.4) is 0 Å². The van der Waals surface area contributed by atoms with Crippen molar-refractivity contribution in [2.45, 2.75) is 50.7 Å². The van der Waals surface area contributed by atoms with Gasteiger partial charge < -0.3 is 30.5 Å².